The molecule has 7 heteroatoms. The molecule has 5 rings (SSSR count). The molecular formula is C21H19N7. The number of aromatic amines is 1. The summed E-state index contributed by atoms with van der Waals surface area (Å²) in [6, 6.07) is 6.37. The fraction of sp³-hybridized carbons (Fsp3) is 0.190. The first kappa shape index (κ1) is 16.4. The number of aromatic nitrogens is 4. The molecule has 1 aliphatic rings. The van der Waals surface area contributed by atoms with E-state index >= 15 is 0 Å². The predicted molar refractivity (Wildman–Crippen MR) is 110 cm³/mol. The van der Waals surface area contributed by atoms with Crippen LogP contribution < -0.4 is 11.5 Å². The van der Waals surface area contributed by atoms with Crippen LogP contribution in [-0.2, 0) is 0 Å². The zero-order chi connectivity index (χ0) is 19.6. The van der Waals surface area contributed by atoms with Gasteiger partial charge in [-0.25, -0.2) is 0 Å². The second-order valence-corrected chi connectivity index (χ2v) is 7.35. The summed E-state index contributed by atoms with van der Waals surface area (Å²) in [4.78, 5) is 4.60. The Morgan fingerprint density at radius 3 is 2.79 bits per heavy atom. The molecular weight excluding hydrogens is 350 g/mol. The summed E-state index contributed by atoms with van der Waals surface area (Å²) in [5.41, 5.74) is 18.6. The van der Waals surface area contributed by atoms with Gasteiger partial charge in [0.25, 0.3) is 0 Å². The van der Waals surface area contributed by atoms with Crippen molar-refractivity contribution in [2.24, 2.45) is 5.73 Å². The van der Waals surface area contributed by atoms with Gasteiger partial charge >= 0.3 is 0 Å². The Bertz CT molecular complexity index is 1330. The number of anilines is 1. The van der Waals surface area contributed by atoms with Gasteiger partial charge in [0.2, 0.25) is 0 Å². The summed E-state index contributed by atoms with van der Waals surface area (Å²) in [6.07, 6.45) is 5.65. The minimum absolute atomic E-state index is 0.332. The van der Waals surface area contributed by atoms with Gasteiger partial charge < -0.3 is 11.5 Å². The van der Waals surface area contributed by atoms with Crippen LogP contribution in [-0.4, -0.2) is 19.7 Å². The number of nitrogen functional groups attached to an aromatic ring is 1. The van der Waals surface area contributed by atoms with Crippen LogP contribution in [0.25, 0.3) is 33.2 Å². The van der Waals surface area contributed by atoms with Crippen molar-refractivity contribution in [3.8, 4) is 11.8 Å². The molecule has 1 saturated carbocycles. The Labute approximate surface area is 161 Å². The van der Waals surface area contributed by atoms with E-state index in [4.69, 9.17) is 11.5 Å². The van der Waals surface area contributed by atoms with E-state index in [-0.39, 0.29) is 0 Å². The van der Waals surface area contributed by atoms with Crippen molar-refractivity contribution in [2.75, 3.05) is 5.73 Å². The van der Waals surface area contributed by atoms with Crippen LogP contribution >= 0.6 is 0 Å². The average molecular weight is 369 g/mol. The van der Waals surface area contributed by atoms with E-state index in [1.165, 1.54) is 0 Å². The maximum Gasteiger partial charge on any atom is 0.118 e. The molecule has 0 atom stereocenters. The molecule has 3 aromatic heterocycles. The normalized spacial score (nSPS) is 13.9. The number of H-pyrrole nitrogens is 1. The predicted octanol–water partition coefficient (Wildman–Crippen LogP) is 3.47. The van der Waals surface area contributed by atoms with Gasteiger partial charge in [-0.3, -0.25) is 14.6 Å². The molecule has 0 unspecified atom stereocenters. The average Bonchev–Trinajstić information content (AvgIpc) is 3.32. The van der Waals surface area contributed by atoms with Gasteiger partial charge in [0.15, 0.2) is 0 Å². The van der Waals surface area contributed by atoms with E-state index in [0.29, 0.717) is 28.6 Å². The molecule has 138 valence electrons. The smallest absolute Gasteiger partial charge is 0.118 e. The lowest BCUT2D eigenvalue weighted by molar-refractivity contribution is 1.01. The number of aryl methyl sites for hydroxylation is 1. The number of nitrogens with one attached hydrogen (secondary N) is 1. The maximum atomic E-state index is 10.0. The zero-order valence-electron chi connectivity index (χ0n) is 15.5. The summed E-state index contributed by atoms with van der Waals surface area (Å²) in [5.74, 6) is 0.782. The second kappa shape index (κ2) is 5.60. The second-order valence-electron chi connectivity index (χ2n) is 7.35. The molecule has 4 aromatic rings. The highest BCUT2D eigenvalue weighted by Gasteiger charge is 2.31. The number of hydrogen-bond donors (Lipinski definition) is 3. The number of fused-ring (bicyclic) bond motifs is 2. The molecule has 5 N–H and O–H groups in total. The quantitative estimate of drug-likeness (QED) is 0.510. The summed E-state index contributed by atoms with van der Waals surface area (Å²) in [5, 5.41) is 18.9. The Morgan fingerprint density at radius 1 is 1.32 bits per heavy atom. The topological polar surface area (TPSA) is 122 Å². The number of nitrogens with zero attached hydrogens (tertiary/aromatic N) is 4. The van der Waals surface area contributed by atoms with Gasteiger partial charge in [0.1, 0.15) is 11.9 Å². The van der Waals surface area contributed by atoms with Gasteiger partial charge in [-0.15, -0.1) is 0 Å². The van der Waals surface area contributed by atoms with Crippen LogP contribution in [0.15, 0.2) is 31.1 Å². The van der Waals surface area contributed by atoms with Gasteiger partial charge in [-0.2, -0.15) is 10.4 Å². The molecule has 1 fully saturated rings. The van der Waals surface area contributed by atoms with Crippen LogP contribution in [0.5, 0.6) is 0 Å². The number of rotatable bonds is 3. The molecule has 0 spiro atoms. The van der Waals surface area contributed by atoms with E-state index in [9.17, 15) is 5.26 Å². The SMILES string of the molecule is C=C(N)c1c(N)n(-c2c(C)ccc3[nH]ncc23)c2c(C#N)c(C3CC3)ncc12. The number of pyridine rings is 1. The van der Waals surface area contributed by atoms with Gasteiger partial charge in [0.05, 0.1) is 34.2 Å². The summed E-state index contributed by atoms with van der Waals surface area (Å²) in [7, 11) is 0. The molecule has 28 heavy (non-hydrogen) atoms. The minimum Gasteiger partial charge on any atom is -0.399 e. The summed E-state index contributed by atoms with van der Waals surface area (Å²) < 4.78 is 1.92. The number of benzene rings is 1. The molecule has 1 aromatic carbocycles. The first-order valence-corrected chi connectivity index (χ1v) is 9.13. The number of nitriles is 1. The van der Waals surface area contributed by atoms with E-state index < -0.39 is 0 Å². The van der Waals surface area contributed by atoms with Crippen molar-refractivity contribution >= 4 is 33.3 Å². The Balaban J connectivity index is 2.01. The third-order valence-corrected chi connectivity index (χ3v) is 5.49. The number of hydrogen-bond acceptors (Lipinski definition) is 5. The Hall–Kier alpha value is -3.79. The number of nitrogens with two attached hydrogens (primary N) is 2. The van der Waals surface area contributed by atoms with Crippen molar-refractivity contribution in [1.82, 2.24) is 19.7 Å². The molecule has 1 aliphatic carbocycles. The van der Waals surface area contributed by atoms with Crippen LogP contribution in [0.2, 0.25) is 0 Å². The van der Waals surface area contributed by atoms with Crippen molar-refractivity contribution in [3.63, 3.8) is 0 Å². The first-order chi connectivity index (χ1) is 13.5. The highest BCUT2D eigenvalue weighted by Crippen LogP contribution is 2.45. The lowest BCUT2D eigenvalue weighted by atomic mass is 10.1. The molecule has 3 heterocycles. The Kier molecular flexibility index (Phi) is 3.28. The van der Waals surface area contributed by atoms with Gasteiger partial charge in [0, 0.05) is 34.1 Å². The first-order valence-electron chi connectivity index (χ1n) is 9.13. The monoisotopic (exact) mass is 369 g/mol. The van der Waals surface area contributed by atoms with E-state index in [2.05, 4.69) is 27.8 Å². The maximum absolute atomic E-state index is 10.0. The van der Waals surface area contributed by atoms with E-state index in [1.54, 1.807) is 12.4 Å². The van der Waals surface area contributed by atoms with Crippen LogP contribution in [0.1, 0.15) is 41.1 Å². The molecule has 0 bridgehead atoms. The summed E-state index contributed by atoms with van der Waals surface area (Å²) in [6.45, 7) is 5.91. The van der Waals surface area contributed by atoms with Crippen molar-refractivity contribution in [3.05, 3.63) is 53.5 Å². The highest BCUT2D eigenvalue weighted by molar-refractivity contribution is 6.03. The van der Waals surface area contributed by atoms with Crippen molar-refractivity contribution in [1.29, 1.82) is 5.26 Å². The lowest BCUT2D eigenvalue weighted by Crippen LogP contribution is -2.06. The lowest BCUT2D eigenvalue weighted by Gasteiger charge is -2.14. The van der Waals surface area contributed by atoms with Crippen LogP contribution in [0.3, 0.4) is 0 Å². The van der Waals surface area contributed by atoms with Crippen molar-refractivity contribution < 1.29 is 0 Å². The Morgan fingerprint density at radius 2 is 2.11 bits per heavy atom. The molecule has 0 saturated heterocycles. The fourth-order valence-electron chi connectivity index (χ4n) is 4.06. The molecule has 0 amide bonds. The van der Waals surface area contributed by atoms with Gasteiger partial charge in [-0.1, -0.05) is 12.6 Å². The van der Waals surface area contributed by atoms with Crippen LogP contribution in [0, 0.1) is 18.3 Å². The molecule has 0 aliphatic heterocycles. The largest absolute Gasteiger partial charge is 0.399 e. The zero-order valence-corrected chi connectivity index (χ0v) is 15.5. The van der Waals surface area contributed by atoms with Gasteiger partial charge in [-0.05, 0) is 31.4 Å². The van der Waals surface area contributed by atoms with E-state index in [1.807, 2.05) is 23.6 Å². The minimum atomic E-state index is 0.332. The summed E-state index contributed by atoms with van der Waals surface area (Å²) >= 11 is 0. The molecule has 0 radical (unpaired) electrons. The standard InChI is InChI=1S/C21H19N7/c1-10-3-6-16-14(9-26-27-16)19(10)28-20-13(7-22)18(12-4-5-12)25-8-15(20)17(11(2)23)21(28)24/h3,6,8-9,12H,2,4-5,23-24H2,1H3,(H,26,27). The third-order valence-electron chi connectivity index (χ3n) is 5.49. The van der Waals surface area contributed by atoms with Crippen LogP contribution in [0.4, 0.5) is 5.82 Å². The highest BCUT2D eigenvalue weighted by atomic mass is 15.1. The third kappa shape index (κ3) is 2.09. The molecule has 7 nitrogen and oxygen atoms in total. The fourth-order valence-corrected chi connectivity index (χ4v) is 4.06. The van der Waals surface area contributed by atoms with Crippen molar-refractivity contribution in [2.45, 2.75) is 25.7 Å². The van der Waals surface area contributed by atoms with E-state index in [0.717, 1.165) is 51.6 Å².